The van der Waals surface area contributed by atoms with Crippen LogP contribution in [0.25, 0.3) is 0 Å². The zero-order chi connectivity index (χ0) is 15.4. The molecule has 21 heavy (non-hydrogen) atoms. The van der Waals surface area contributed by atoms with Crippen molar-refractivity contribution in [1.82, 2.24) is 4.90 Å². The number of carbonyl (C=O) groups is 1. The second-order valence-electron chi connectivity index (χ2n) is 5.46. The van der Waals surface area contributed by atoms with Crippen LogP contribution in [-0.2, 0) is 9.53 Å². The summed E-state index contributed by atoms with van der Waals surface area (Å²) in [5, 5.41) is 2.86. The molecule has 0 aliphatic carbocycles. The Labute approximate surface area is 125 Å². The number of nitrogen functional groups attached to an aromatic ring is 1. The number of nitrogens with two attached hydrogens (primary N) is 1. The Balaban J connectivity index is 1.95. The average Bonchev–Trinajstić information content (AvgIpc) is 2.39. The van der Waals surface area contributed by atoms with E-state index in [-0.39, 0.29) is 18.1 Å². The highest BCUT2D eigenvalue weighted by Crippen LogP contribution is 2.26. The molecule has 0 unspecified atom stereocenters. The minimum Gasteiger partial charge on any atom is -0.494 e. The number of rotatable bonds is 4. The molecule has 2 atom stereocenters. The van der Waals surface area contributed by atoms with Gasteiger partial charge >= 0.3 is 0 Å². The minimum atomic E-state index is -0.0700. The third-order valence-electron chi connectivity index (χ3n) is 3.36. The van der Waals surface area contributed by atoms with Gasteiger partial charge in [-0.1, -0.05) is 0 Å². The molecule has 1 aromatic carbocycles. The summed E-state index contributed by atoms with van der Waals surface area (Å²) < 4.78 is 10.9. The molecule has 1 aromatic rings. The summed E-state index contributed by atoms with van der Waals surface area (Å²) in [6, 6.07) is 5.17. The normalized spacial score (nSPS) is 22.8. The number of nitrogens with one attached hydrogen (secondary N) is 1. The number of ether oxygens (including phenoxy) is 2. The SMILES string of the molecule is COc1cc(N)ccc1NC(=O)CN1C[C@@H](C)O[C@@H](C)C1. The zero-order valence-electron chi connectivity index (χ0n) is 12.8. The molecule has 0 aromatic heterocycles. The molecule has 6 heteroatoms. The highest BCUT2D eigenvalue weighted by Gasteiger charge is 2.23. The summed E-state index contributed by atoms with van der Waals surface area (Å²) in [7, 11) is 1.55. The van der Waals surface area contributed by atoms with Crippen LogP contribution in [0.3, 0.4) is 0 Å². The average molecular weight is 293 g/mol. The second kappa shape index (κ2) is 6.78. The predicted molar refractivity (Wildman–Crippen MR) is 82.5 cm³/mol. The van der Waals surface area contributed by atoms with E-state index in [1.807, 2.05) is 13.8 Å². The Bertz CT molecular complexity index is 497. The van der Waals surface area contributed by atoms with Gasteiger partial charge in [0.1, 0.15) is 5.75 Å². The van der Waals surface area contributed by atoms with Gasteiger partial charge in [-0.3, -0.25) is 9.69 Å². The molecule has 0 saturated carbocycles. The van der Waals surface area contributed by atoms with E-state index in [4.69, 9.17) is 15.2 Å². The van der Waals surface area contributed by atoms with E-state index in [2.05, 4.69) is 10.2 Å². The van der Waals surface area contributed by atoms with Crippen molar-refractivity contribution in [3.05, 3.63) is 18.2 Å². The Morgan fingerprint density at radius 3 is 2.71 bits per heavy atom. The van der Waals surface area contributed by atoms with E-state index in [1.54, 1.807) is 25.3 Å². The zero-order valence-corrected chi connectivity index (χ0v) is 12.8. The Kier molecular flexibility index (Phi) is 5.03. The maximum atomic E-state index is 12.2. The molecule has 116 valence electrons. The van der Waals surface area contributed by atoms with Crippen molar-refractivity contribution < 1.29 is 14.3 Å². The van der Waals surface area contributed by atoms with Crippen molar-refractivity contribution >= 4 is 17.3 Å². The molecule has 0 radical (unpaired) electrons. The number of hydrogen-bond acceptors (Lipinski definition) is 5. The first-order valence-corrected chi connectivity index (χ1v) is 7.09. The van der Waals surface area contributed by atoms with Crippen LogP contribution in [0.5, 0.6) is 5.75 Å². The smallest absolute Gasteiger partial charge is 0.238 e. The lowest BCUT2D eigenvalue weighted by molar-refractivity contribution is -0.121. The Morgan fingerprint density at radius 2 is 2.10 bits per heavy atom. The van der Waals surface area contributed by atoms with Gasteiger partial charge in [-0.05, 0) is 26.0 Å². The van der Waals surface area contributed by atoms with Crippen molar-refractivity contribution in [2.45, 2.75) is 26.1 Å². The molecule has 0 bridgehead atoms. The number of methoxy groups -OCH3 is 1. The molecular formula is C15H23N3O3. The number of anilines is 2. The maximum Gasteiger partial charge on any atom is 0.238 e. The molecular weight excluding hydrogens is 270 g/mol. The molecule has 1 fully saturated rings. The fourth-order valence-electron chi connectivity index (χ4n) is 2.62. The Hall–Kier alpha value is -1.79. The standard InChI is InChI=1S/C15H23N3O3/c1-10-7-18(8-11(2)21-10)9-15(19)17-13-5-4-12(16)6-14(13)20-3/h4-6,10-11H,7-9,16H2,1-3H3,(H,17,19)/t10-,11+. The van der Waals surface area contributed by atoms with Crippen LogP contribution in [0.4, 0.5) is 11.4 Å². The molecule has 2 rings (SSSR count). The van der Waals surface area contributed by atoms with Crippen molar-refractivity contribution in [1.29, 1.82) is 0 Å². The highest BCUT2D eigenvalue weighted by atomic mass is 16.5. The number of morpholine rings is 1. The summed E-state index contributed by atoms with van der Waals surface area (Å²) in [4.78, 5) is 14.3. The molecule has 1 amide bonds. The van der Waals surface area contributed by atoms with E-state index in [1.165, 1.54) is 0 Å². The lowest BCUT2D eigenvalue weighted by atomic mass is 10.2. The first kappa shape index (κ1) is 15.6. The van der Waals surface area contributed by atoms with Gasteiger partial charge in [-0.25, -0.2) is 0 Å². The predicted octanol–water partition coefficient (Wildman–Crippen LogP) is 1.33. The van der Waals surface area contributed by atoms with Crippen molar-refractivity contribution in [2.24, 2.45) is 0 Å². The van der Waals surface area contributed by atoms with E-state index in [0.29, 0.717) is 23.7 Å². The summed E-state index contributed by atoms with van der Waals surface area (Å²) in [5.74, 6) is 0.492. The lowest BCUT2D eigenvalue weighted by Crippen LogP contribution is -2.48. The minimum absolute atomic E-state index is 0.0700. The van der Waals surface area contributed by atoms with E-state index < -0.39 is 0 Å². The van der Waals surface area contributed by atoms with Crippen LogP contribution in [0.2, 0.25) is 0 Å². The van der Waals surface area contributed by atoms with Gasteiger partial charge in [0.2, 0.25) is 5.91 Å². The van der Waals surface area contributed by atoms with Crippen LogP contribution in [-0.4, -0.2) is 49.8 Å². The van der Waals surface area contributed by atoms with E-state index in [9.17, 15) is 4.79 Å². The van der Waals surface area contributed by atoms with Crippen molar-refractivity contribution in [2.75, 3.05) is 37.8 Å². The summed E-state index contributed by atoms with van der Waals surface area (Å²) in [5.41, 5.74) is 6.93. The molecule has 0 spiro atoms. The van der Waals surface area contributed by atoms with Gasteiger partial charge in [0, 0.05) is 24.8 Å². The molecule has 1 heterocycles. The molecule has 1 saturated heterocycles. The molecule has 1 aliphatic rings. The van der Waals surface area contributed by atoms with Crippen LogP contribution < -0.4 is 15.8 Å². The summed E-state index contributed by atoms with van der Waals surface area (Å²) in [6.45, 7) is 5.89. The quantitative estimate of drug-likeness (QED) is 0.819. The van der Waals surface area contributed by atoms with Gasteiger partial charge < -0.3 is 20.5 Å². The fraction of sp³-hybridized carbons (Fsp3) is 0.533. The summed E-state index contributed by atoms with van der Waals surface area (Å²) >= 11 is 0. The molecule has 3 N–H and O–H groups in total. The topological polar surface area (TPSA) is 76.8 Å². The van der Waals surface area contributed by atoms with Crippen LogP contribution >= 0.6 is 0 Å². The number of hydrogen-bond donors (Lipinski definition) is 2. The highest BCUT2D eigenvalue weighted by molar-refractivity contribution is 5.94. The number of carbonyl (C=O) groups excluding carboxylic acids is 1. The second-order valence-corrected chi connectivity index (χ2v) is 5.46. The largest absolute Gasteiger partial charge is 0.494 e. The lowest BCUT2D eigenvalue weighted by Gasteiger charge is -2.34. The van der Waals surface area contributed by atoms with Gasteiger partial charge in [-0.15, -0.1) is 0 Å². The third-order valence-corrected chi connectivity index (χ3v) is 3.36. The van der Waals surface area contributed by atoms with E-state index in [0.717, 1.165) is 13.1 Å². The van der Waals surface area contributed by atoms with Crippen LogP contribution in [0.15, 0.2) is 18.2 Å². The van der Waals surface area contributed by atoms with Gasteiger partial charge in [0.25, 0.3) is 0 Å². The monoisotopic (exact) mass is 293 g/mol. The third kappa shape index (κ3) is 4.34. The van der Waals surface area contributed by atoms with Crippen LogP contribution in [0, 0.1) is 0 Å². The maximum absolute atomic E-state index is 12.2. The molecule has 1 aliphatic heterocycles. The number of benzene rings is 1. The van der Waals surface area contributed by atoms with Gasteiger partial charge in [0.05, 0.1) is 31.5 Å². The Morgan fingerprint density at radius 1 is 1.43 bits per heavy atom. The summed E-state index contributed by atoms with van der Waals surface area (Å²) in [6.07, 6.45) is 0.292. The van der Waals surface area contributed by atoms with Crippen LogP contribution in [0.1, 0.15) is 13.8 Å². The van der Waals surface area contributed by atoms with E-state index >= 15 is 0 Å². The number of amides is 1. The van der Waals surface area contributed by atoms with Crippen molar-refractivity contribution in [3.8, 4) is 5.75 Å². The fourth-order valence-corrected chi connectivity index (χ4v) is 2.62. The van der Waals surface area contributed by atoms with Gasteiger partial charge in [0.15, 0.2) is 0 Å². The first-order chi connectivity index (χ1) is 9.97. The van der Waals surface area contributed by atoms with Crippen molar-refractivity contribution in [3.63, 3.8) is 0 Å². The number of nitrogens with zero attached hydrogens (tertiary/aromatic N) is 1. The molecule has 6 nitrogen and oxygen atoms in total. The van der Waals surface area contributed by atoms with Gasteiger partial charge in [-0.2, -0.15) is 0 Å². The first-order valence-electron chi connectivity index (χ1n) is 7.09.